The SMILES string of the molecule is c1ccc(-c2ccc(-c3nc(-c4ccccc4)nc(-c4ccc5ccc(-c6cccc7ccc8nc(-c9ccccc9)oc8c67)cc5c4)n3)cc2)cc1. The van der Waals surface area contributed by atoms with Crippen LogP contribution in [0.1, 0.15) is 0 Å². The van der Waals surface area contributed by atoms with Gasteiger partial charge in [-0.05, 0) is 68.7 Å². The fourth-order valence-electron chi connectivity index (χ4n) is 7.05. The maximum absolute atomic E-state index is 6.48. The van der Waals surface area contributed by atoms with Gasteiger partial charge in [0.25, 0.3) is 0 Å². The third-order valence-electron chi connectivity index (χ3n) is 9.75. The molecule has 0 aliphatic heterocycles. The van der Waals surface area contributed by atoms with E-state index in [0.29, 0.717) is 23.4 Å². The molecule has 0 aliphatic carbocycles. The van der Waals surface area contributed by atoms with E-state index in [1.807, 2.05) is 72.8 Å². The Labute approximate surface area is 305 Å². The minimum absolute atomic E-state index is 0.616. The molecular formula is C48H30N4O. The minimum atomic E-state index is 0.616. The Morgan fingerprint density at radius 2 is 0.830 bits per heavy atom. The molecular weight excluding hydrogens is 649 g/mol. The highest BCUT2D eigenvalue weighted by Gasteiger charge is 2.16. The van der Waals surface area contributed by atoms with Crippen molar-refractivity contribution in [3.63, 3.8) is 0 Å². The fourth-order valence-corrected chi connectivity index (χ4v) is 7.05. The summed E-state index contributed by atoms with van der Waals surface area (Å²) in [5.74, 6) is 2.50. The number of aromatic nitrogens is 4. The molecule has 2 aromatic heterocycles. The van der Waals surface area contributed by atoms with E-state index in [-0.39, 0.29) is 0 Å². The summed E-state index contributed by atoms with van der Waals surface area (Å²) < 4.78 is 6.48. The summed E-state index contributed by atoms with van der Waals surface area (Å²) in [4.78, 5) is 19.9. The molecule has 10 aromatic rings. The van der Waals surface area contributed by atoms with Crippen LogP contribution in [0.5, 0.6) is 0 Å². The lowest BCUT2D eigenvalue weighted by Crippen LogP contribution is -2.00. The first-order valence-corrected chi connectivity index (χ1v) is 17.6. The lowest BCUT2D eigenvalue weighted by Gasteiger charge is -2.11. The minimum Gasteiger partial charge on any atom is -0.435 e. The van der Waals surface area contributed by atoms with Crippen LogP contribution in [0.4, 0.5) is 0 Å². The van der Waals surface area contributed by atoms with E-state index in [4.69, 9.17) is 24.4 Å². The van der Waals surface area contributed by atoms with Gasteiger partial charge in [-0.25, -0.2) is 19.9 Å². The highest BCUT2D eigenvalue weighted by molar-refractivity contribution is 6.12. The van der Waals surface area contributed by atoms with Crippen molar-refractivity contribution in [1.82, 2.24) is 19.9 Å². The monoisotopic (exact) mass is 678 g/mol. The van der Waals surface area contributed by atoms with Crippen molar-refractivity contribution >= 4 is 32.6 Å². The zero-order valence-corrected chi connectivity index (χ0v) is 28.5. The molecule has 53 heavy (non-hydrogen) atoms. The lowest BCUT2D eigenvalue weighted by molar-refractivity contribution is 0.623. The van der Waals surface area contributed by atoms with E-state index in [0.717, 1.165) is 71.6 Å². The van der Waals surface area contributed by atoms with Crippen LogP contribution in [0.2, 0.25) is 0 Å². The fraction of sp³-hybridized carbons (Fsp3) is 0. The topological polar surface area (TPSA) is 64.7 Å². The Morgan fingerprint density at radius 3 is 1.53 bits per heavy atom. The molecule has 248 valence electrons. The number of nitrogens with zero attached hydrogens (tertiary/aromatic N) is 4. The third-order valence-corrected chi connectivity index (χ3v) is 9.75. The van der Waals surface area contributed by atoms with Crippen molar-refractivity contribution in [1.29, 1.82) is 0 Å². The normalized spacial score (nSPS) is 11.4. The smallest absolute Gasteiger partial charge is 0.227 e. The standard InChI is InChI=1S/C48H30N4O/c1-4-11-31(12-5-1)32-19-23-36(24-20-32)46-50-45(35-13-6-2-7-14-35)51-47(52-46)39-26-22-33-21-25-38(29-40(33)30-39)41-18-10-17-34-27-28-42-44(43(34)41)53-48(49-42)37-15-8-3-9-16-37/h1-30H. The Balaban J connectivity index is 1.08. The molecule has 0 atom stereocenters. The second-order valence-corrected chi connectivity index (χ2v) is 13.1. The maximum Gasteiger partial charge on any atom is 0.227 e. The average Bonchev–Trinajstić information content (AvgIpc) is 3.69. The molecule has 0 bridgehead atoms. The summed E-state index contributed by atoms with van der Waals surface area (Å²) in [5.41, 5.74) is 9.84. The highest BCUT2D eigenvalue weighted by Crippen LogP contribution is 2.38. The number of rotatable bonds is 6. The van der Waals surface area contributed by atoms with E-state index in [1.54, 1.807) is 0 Å². The van der Waals surface area contributed by atoms with Gasteiger partial charge in [-0.15, -0.1) is 0 Å². The summed E-state index contributed by atoms with van der Waals surface area (Å²) in [5, 5.41) is 4.36. The first kappa shape index (κ1) is 30.6. The number of hydrogen-bond acceptors (Lipinski definition) is 5. The quantitative estimate of drug-likeness (QED) is 0.175. The first-order chi connectivity index (χ1) is 26.2. The van der Waals surface area contributed by atoms with Crippen LogP contribution in [0, 0.1) is 0 Å². The van der Waals surface area contributed by atoms with Gasteiger partial charge < -0.3 is 4.42 Å². The van der Waals surface area contributed by atoms with Crippen molar-refractivity contribution < 1.29 is 4.42 Å². The molecule has 0 amide bonds. The van der Waals surface area contributed by atoms with Gasteiger partial charge in [-0.3, -0.25) is 0 Å². The van der Waals surface area contributed by atoms with Gasteiger partial charge in [0, 0.05) is 27.6 Å². The molecule has 8 aromatic carbocycles. The number of oxazole rings is 1. The van der Waals surface area contributed by atoms with Crippen molar-refractivity contribution in [3.05, 3.63) is 182 Å². The van der Waals surface area contributed by atoms with Crippen molar-refractivity contribution in [3.8, 4) is 67.9 Å². The second kappa shape index (κ2) is 12.8. The Morgan fingerprint density at radius 1 is 0.321 bits per heavy atom. The lowest BCUT2D eigenvalue weighted by atomic mass is 9.95. The molecule has 0 unspecified atom stereocenters. The van der Waals surface area contributed by atoms with Crippen LogP contribution < -0.4 is 0 Å². The third kappa shape index (κ3) is 5.71. The van der Waals surface area contributed by atoms with Crippen molar-refractivity contribution in [2.75, 3.05) is 0 Å². The highest BCUT2D eigenvalue weighted by atomic mass is 16.3. The summed E-state index contributed by atoms with van der Waals surface area (Å²) >= 11 is 0. The van der Waals surface area contributed by atoms with Gasteiger partial charge in [0.1, 0.15) is 5.52 Å². The van der Waals surface area contributed by atoms with Crippen LogP contribution >= 0.6 is 0 Å². The summed E-state index contributed by atoms with van der Waals surface area (Å²) in [6.45, 7) is 0. The van der Waals surface area contributed by atoms with Gasteiger partial charge in [-0.1, -0.05) is 152 Å². The van der Waals surface area contributed by atoms with Crippen LogP contribution in [0.25, 0.3) is 101 Å². The molecule has 0 aliphatic rings. The Bertz CT molecular complexity index is 2920. The molecule has 2 heterocycles. The molecule has 0 fully saturated rings. The molecule has 5 nitrogen and oxygen atoms in total. The Kier molecular flexibility index (Phi) is 7.40. The number of benzene rings is 8. The van der Waals surface area contributed by atoms with Gasteiger partial charge in [0.15, 0.2) is 23.1 Å². The first-order valence-electron chi connectivity index (χ1n) is 17.6. The molecule has 0 spiro atoms. The van der Waals surface area contributed by atoms with Crippen LogP contribution in [0.15, 0.2) is 186 Å². The van der Waals surface area contributed by atoms with Crippen LogP contribution in [-0.2, 0) is 0 Å². The summed E-state index contributed by atoms with van der Waals surface area (Å²) in [6, 6.07) is 62.4. The van der Waals surface area contributed by atoms with E-state index < -0.39 is 0 Å². The maximum atomic E-state index is 6.48. The Hall–Kier alpha value is -7.24. The summed E-state index contributed by atoms with van der Waals surface area (Å²) in [7, 11) is 0. The van der Waals surface area contributed by atoms with E-state index >= 15 is 0 Å². The number of hydrogen-bond donors (Lipinski definition) is 0. The predicted octanol–water partition coefficient (Wildman–Crippen LogP) is 12.3. The largest absolute Gasteiger partial charge is 0.435 e. The van der Waals surface area contributed by atoms with Crippen molar-refractivity contribution in [2.45, 2.75) is 0 Å². The van der Waals surface area contributed by atoms with Crippen LogP contribution in [0.3, 0.4) is 0 Å². The zero-order valence-electron chi connectivity index (χ0n) is 28.5. The van der Waals surface area contributed by atoms with Gasteiger partial charge in [-0.2, -0.15) is 0 Å². The van der Waals surface area contributed by atoms with Gasteiger partial charge in [0.2, 0.25) is 5.89 Å². The second-order valence-electron chi connectivity index (χ2n) is 13.1. The molecule has 0 saturated heterocycles. The van der Waals surface area contributed by atoms with Gasteiger partial charge >= 0.3 is 0 Å². The van der Waals surface area contributed by atoms with E-state index in [2.05, 4.69) is 109 Å². The number of fused-ring (bicyclic) bond motifs is 4. The average molecular weight is 679 g/mol. The predicted molar refractivity (Wildman–Crippen MR) is 215 cm³/mol. The molecule has 0 N–H and O–H groups in total. The molecule has 10 rings (SSSR count). The van der Waals surface area contributed by atoms with E-state index in [1.165, 1.54) is 5.56 Å². The van der Waals surface area contributed by atoms with E-state index in [9.17, 15) is 0 Å². The molecule has 5 heteroatoms. The van der Waals surface area contributed by atoms with Crippen LogP contribution in [-0.4, -0.2) is 19.9 Å². The van der Waals surface area contributed by atoms with Gasteiger partial charge in [0.05, 0.1) is 0 Å². The van der Waals surface area contributed by atoms with Crippen molar-refractivity contribution in [2.24, 2.45) is 0 Å². The summed E-state index contributed by atoms with van der Waals surface area (Å²) in [6.07, 6.45) is 0. The molecule has 0 saturated carbocycles. The molecule has 0 radical (unpaired) electrons. The zero-order chi connectivity index (χ0) is 35.1.